The first kappa shape index (κ1) is 21.2. The van der Waals surface area contributed by atoms with Crippen LogP contribution in [-0.4, -0.2) is 47.2 Å². The fraction of sp³-hybridized carbons (Fsp3) is 0.417. The number of anilines is 1. The Morgan fingerprint density at radius 1 is 1.13 bits per heavy atom. The van der Waals surface area contributed by atoms with Crippen molar-refractivity contribution in [2.24, 2.45) is 13.0 Å². The Morgan fingerprint density at radius 2 is 1.84 bits per heavy atom. The maximum absolute atomic E-state index is 12.3. The second-order valence-electron chi connectivity index (χ2n) is 8.26. The summed E-state index contributed by atoms with van der Waals surface area (Å²) in [6.07, 6.45) is 2.50. The highest BCUT2D eigenvalue weighted by Gasteiger charge is 2.18. The van der Waals surface area contributed by atoms with Gasteiger partial charge in [0.15, 0.2) is 6.61 Å². The molecule has 0 radical (unpaired) electrons. The van der Waals surface area contributed by atoms with Crippen LogP contribution in [0.3, 0.4) is 0 Å². The SMILES string of the molecule is COc1ccc(OCC(=O)Nc2ccc3c(c2)nc(CN2CCC(C)CC2)n3C)cc1. The molecule has 1 aliphatic heterocycles. The maximum Gasteiger partial charge on any atom is 0.262 e. The minimum Gasteiger partial charge on any atom is -0.497 e. The lowest BCUT2D eigenvalue weighted by molar-refractivity contribution is -0.118. The van der Waals surface area contributed by atoms with E-state index in [4.69, 9.17) is 14.5 Å². The predicted octanol–water partition coefficient (Wildman–Crippen LogP) is 3.83. The highest BCUT2D eigenvalue weighted by molar-refractivity contribution is 5.94. The van der Waals surface area contributed by atoms with Crippen LogP contribution in [0, 0.1) is 5.92 Å². The highest BCUT2D eigenvalue weighted by atomic mass is 16.5. The number of amides is 1. The van der Waals surface area contributed by atoms with Gasteiger partial charge in [0, 0.05) is 12.7 Å². The number of rotatable bonds is 7. The lowest BCUT2D eigenvalue weighted by Crippen LogP contribution is -2.33. The van der Waals surface area contributed by atoms with E-state index in [-0.39, 0.29) is 12.5 Å². The summed E-state index contributed by atoms with van der Waals surface area (Å²) >= 11 is 0. The molecule has 0 bridgehead atoms. The molecule has 4 rings (SSSR count). The molecule has 2 heterocycles. The first-order valence-corrected chi connectivity index (χ1v) is 10.8. The molecule has 0 unspecified atom stereocenters. The minimum atomic E-state index is -0.214. The van der Waals surface area contributed by atoms with E-state index in [9.17, 15) is 4.79 Å². The Kier molecular flexibility index (Phi) is 6.42. The summed E-state index contributed by atoms with van der Waals surface area (Å²) in [5.74, 6) is 3.02. The van der Waals surface area contributed by atoms with Crippen LogP contribution in [0.2, 0.25) is 0 Å². The van der Waals surface area contributed by atoms with Crippen molar-refractivity contribution >= 4 is 22.6 Å². The number of imidazole rings is 1. The maximum atomic E-state index is 12.3. The molecule has 7 heteroatoms. The average Bonchev–Trinajstić information content (AvgIpc) is 3.08. The molecule has 164 valence electrons. The molecule has 7 nitrogen and oxygen atoms in total. The number of likely N-dealkylation sites (tertiary alicyclic amines) is 1. The molecule has 0 atom stereocenters. The number of aromatic nitrogens is 2. The largest absolute Gasteiger partial charge is 0.497 e. The Hall–Kier alpha value is -3.06. The van der Waals surface area contributed by atoms with Gasteiger partial charge in [-0.25, -0.2) is 4.98 Å². The molecule has 1 aliphatic rings. The van der Waals surface area contributed by atoms with Gasteiger partial charge >= 0.3 is 0 Å². The molecule has 0 saturated carbocycles. The lowest BCUT2D eigenvalue weighted by atomic mass is 9.99. The number of methoxy groups -OCH3 is 1. The Balaban J connectivity index is 1.37. The molecule has 1 N–H and O–H groups in total. The molecule has 2 aromatic carbocycles. The third-order valence-corrected chi connectivity index (χ3v) is 5.93. The molecular weight excluding hydrogens is 392 g/mol. The normalized spacial score (nSPS) is 15.2. The van der Waals surface area contributed by atoms with E-state index in [1.54, 1.807) is 31.4 Å². The number of piperidine rings is 1. The van der Waals surface area contributed by atoms with Crippen molar-refractivity contribution in [1.29, 1.82) is 0 Å². The second kappa shape index (κ2) is 9.39. The number of ether oxygens (including phenoxy) is 2. The van der Waals surface area contributed by atoms with Gasteiger partial charge in [-0.3, -0.25) is 9.69 Å². The number of nitrogens with zero attached hydrogens (tertiary/aromatic N) is 3. The van der Waals surface area contributed by atoms with E-state index >= 15 is 0 Å². The summed E-state index contributed by atoms with van der Waals surface area (Å²) in [5.41, 5.74) is 2.66. The molecule has 3 aromatic rings. The quantitative estimate of drug-likeness (QED) is 0.627. The van der Waals surface area contributed by atoms with Gasteiger partial charge in [0.25, 0.3) is 5.91 Å². The third-order valence-electron chi connectivity index (χ3n) is 5.93. The Labute approximate surface area is 183 Å². The van der Waals surface area contributed by atoms with Crippen LogP contribution in [0.15, 0.2) is 42.5 Å². The van der Waals surface area contributed by atoms with Crippen LogP contribution < -0.4 is 14.8 Å². The second-order valence-corrected chi connectivity index (χ2v) is 8.26. The molecule has 1 amide bonds. The number of hydrogen-bond donors (Lipinski definition) is 1. The number of nitrogens with one attached hydrogen (secondary N) is 1. The van der Waals surface area contributed by atoms with Crippen LogP contribution in [0.5, 0.6) is 11.5 Å². The van der Waals surface area contributed by atoms with Gasteiger partial charge in [0.2, 0.25) is 0 Å². The summed E-state index contributed by atoms with van der Waals surface area (Å²) in [6, 6.07) is 13.0. The average molecular weight is 423 g/mol. The van der Waals surface area contributed by atoms with Gasteiger partial charge in [-0.05, 0) is 74.3 Å². The van der Waals surface area contributed by atoms with Gasteiger partial charge in [-0.2, -0.15) is 0 Å². The van der Waals surface area contributed by atoms with Crippen LogP contribution in [-0.2, 0) is 18.4 Å². The standard InChI is InChI=1S/C24H30N4O3/c1-17-10-12-28(13-11-17)15-23-26-21-14-18(4-9-22(21)27(23)2)25-24(29)16-31-20-7-5-19(30-3)6-8-20/h4-9,14,17H,10-13,15-16H2,1-3H3,(H,25,29). The Bertz CT molecular complexity index is 1040. The summed E-state index contributed by atoms with van der Waals surface area (Å²) < 4.78 is 12.8. The number of carbonyl (C=O) groups is 1. The molecule has 0 spiro atoms. The number of aryl methyl sites for hydroxylation is 1. The predicted molar refractivity (Wildman–Crippen MR) is 122 cm³/mol. The van der Waals surface area contributed by atoms with Crippen molar-refractivity contribution < 1.29 is 14.3 Å². The van der Waals surface area contributed by atoms with Gasteiger partial charge in [0.1, 0.15) is 17.3 Å². The fourth-order valence-electron chi connectivity index (χ4n) is 3.91. The zero-order chi connectivity index (χ0) is 21.8. The fourth-order valence-corrected chi connectivity index (χ4v) is 3.91. The van der Waals surface area contributed by atoms with E-state index in [0.29, 0.717) is 11.4 Å². The lowest BCUT2D eigenvalue weighted by Gasteiger charge is -2.29. The van der Waals surface area contributed by atoms with E-state index in [2.05, 4.69) is 28.8 Å². The van der Waals surface area contributed by atoms with E-state index in [0.717, 1.165) is 48.2 Å². The van der Waals surface area contributed by atoms with Crippen molar-refractivity contribution in [3.8, 4) is 11.5 Å². The van der Waals surface area contributed by atoms with Gasteiger partial charge in [-0.15, -0.1) is 0 Å². The molecule has 31 heavy (non-hydrogen) atoms. The smallest absolute Gasteiger partial charge is 0.262 e. The molecule has 1 aromatic heterocycles. The summed E-state index contributed by atoms with van der Waals surface area (Å²) in [6.45, 7) is 5.37. The number of hydrogen-bond acceptors (Lipinski definition) is 5. The molecule has 1 saturated heterocycles. The van der Waals surface area contributed by atoms with Crippen molar-refractivity contribution in [2.45, 2.75) is 26.3 Å². The van der Waals surface area contributed by atoms with Crippen molar-refractivity contribution in [1.82, 2.24) is 14.5 Å². The van der Waals surface area contributed by atoms with Crippen molar-refractivity contribution in [3.05, 3.63) is 48.3 Å². The summed E-state index contributed by atoms with van der Waals surface area (Å²) in [4.78, 5) is 19.6. The van der Waals surface area contributed by atoms with Gasteiger partial charge in [-0.1, -0.05) is 6.92 Å². The highest BCUT2D eigenvalue weighted by Crippen LogP contribution is 2.23. The van der Waals surface area contributed by atoms with E-state index in [1.165, 1.54) is 12.8 Å². The van der Waals surface area contributed by atoms with Crippen molar-refractivity contribution in [3.63, 3.8) is 0 Å². The zero-order valence-corrected chi connectivity index (χ0v) is 18.4. The van der Waals surface area contributed by atoms with E-state index < -0.39 is 0 Å². The van der Waals surface area contributed by atoms with Crippen molar-refractivity contribution in [2.75, 3.05) is 32.1 Å². The molecule has 0 aliphatic carbocycles. The van der Waals surface area contributed by atoms with Crippen LogP contribution in [0.1, 0.15) is 25.6 Å². The first-order chi connectivity index (χ1) is 15.0. The monoisotopic (exact) mass is 422 g/mol. The zero-order valence-electron chi connectivity index (χ0n) is 18.4. The molecular formula is C24H30N4O3. The first-order valence-electron chi connectivity index (χ1n) is 10.8. The van der Waals surface area contributed by atoms with Crippen LogP contribution >= 0.6 is 0 Å². The number of fused-ring (bicyclic) bond motifs is 1. The molecule has 1 fully saturated rings. The van der Waals surface area contributed by atoms with Crippen LogP contribution in [0.4, 0.5) is 5.69 Å². The Morgan fingerprint density at radius 3 is 2.55 bits per heavy atom. The van der Waals surface area contributed by atoms with Gasteiger partial charge in [0.05, 0.1) is 24.7 Å². The van der Waals surface area contributed by atoms with Gasteiger partial charge < -0.3 is 19.4 Å². The number of carbonyl (C=O) groups excluding carboxylic acids is 1. The number of benzene rings is 2. The third kappa shape index (κ3) is 5.17. The van der Waals surface area contributed by atoms with Crippen LogP contribution in [0.25, 0.3) is 11.0 Å². The topological polar surface area (TPSA) is 68.6 Å². The summed E-state index contributed by atoms with van der Waals surface area (Å²) in [7, 11) is 3.66. The van der Waals surface area contributed by atoms with E-state index in [1.807, 2.05) is 18.2 Å². The summed E-state index contributed by atoms with van der Waals surface area (Å²) in [5, 5.41) is 2.89. The minimum absolute atomic E-state index is 0.0643.